The topological polar surface area (TPSA) is 75.1 Å². The maximum atomic E-state index is 13.3. The fourth-order valence-electron chi connectivity index (χ4n) is 1.46. The van der Waals surface area contributed by atoms with Crippen LogP contribution in [-0.4, -0.2) is 21.0 Å². The van der Waals surface area contributed by atoms with Crippen molar-refractivity contribution in [3.63, 3.8) is 0 Å². The Balaban J connectivity index is 2.16. The van der Waals surface area contributed by atoms with Crippen LogP contribution in [0.5, 0.6) is 0 Å². The SMILES string of the molecule is O=C(O)c1cncnc1CNc1ccccc1F. The van der Waals surface area contributed by atoms with Crippen molar-refractivity contribution in [3.05, 3.63) is 53.9 Å². The van der Waals surface area contributed by atoms with Crippen LogP contribution in [0.25, 0.3) is 0 Å². The maximum absolute atomic E-state index is 13.3. The molecule has 6 heteroatoms. The van der Waals surface area contributed by atoms with Crippen LogP contribution < -0.4 is 5.32 Å². The van der Waals surface area contributed by atoms with Crippen molar-refractivity contribution in [2.45, 2.75) is 6.54 Å². The number of nitrogens with one attached hydrogen (secondary N) is 1. The number of carboxylic acid groups (broad SMARTS) is 1. The van der Waals surface area contributed by atoms with E-state index in [9.17, 15) is 9.18 Å². The Labute approximate surface area is 102 Å². The second-order valence-electron chi connectivity index (χ2n) is 3.52. The van der Waals surface area contributed by atoms with E-state index in [1.165, 1.54) is 18.6 Å². The van der Waals surface area contributed by atoms with Gasteiger partial charge in [0.05, 0.1) is 17.9 Å². The summed E-state index contributed by atoms with van der Waals surface area (Å²) >= 11 is 0. The van der Waals surface area contributed by atoms with Crippen LogP contribution in [0.3, 0.4) is 0 Å². The molecule has 1 aromatic heterocycles. The first-order valence-electron chi connectivity index (χ1n) is 5.19. The summed E-state index contributed by atoms with van der Waals surface area (Å²) in [5.74, 6) is -1.51. The number of rotatable bonds is 4. The van der Waals surface area contributed by atoms with Crippen molar-refractivity contribution in [3.8, 4) is 0 Å². The van der Waals surface area contributed by atoms with Gasteiger partial charge in [0.15, 0.2) is 0 Å². The quantitative estimate of drug-likeness (QED) is 0.863. The minimum Gasteiger partial charge on any atom is -0.478 e. The summed E-state index contributed by atoms with van der Waals surface area (Å²) in [6.07, 6.45) is 2.47. The lowest BCUT2D eigenvalue weighted by atomic mass is 10.2. The highest BCUT2D eigenvalue weighted by atomic mass is 19.1. The van der Waals surface area contributed by atoms with Crippen LogP contribution in [0.1, 0.15) is 16.1 Å². The predicted molar refractivity (Wildman–Crippen MR) is 62.7 cm³/mol. The molecule has 1 aromatic carbocycles. The largest absolute Gasteiger partial charge is 0.478 e. The van der Waals surface area contributed by atoms with Gasteiger partial charge in [0.1, 0.15) is 17.7 Å². The number of hydrogen-bond acceptors (Lipinski definition) is 4. The average Bonchev–Trinajstić information content (AvgIpc) is 2.38. The normalized spacial score (nSPS) is 10.1. The molecular formula is C12H10FN3O2. The van der Waals surface area contributed by atoms with E-state index < -0.39 is 11.8 Å². The summed E-state index contributed by atoms with van der Waals surface area (Å²) < 4.78 is 13.3. The second-order valence-corrected chi connectivity index (χ2v) is 3.52. The molecule has 18 heavy (non-hydrogen) atoms. The molecule has 0 unspecified atom stereocenters. The number of para-hydroxylation sites is 1. The number of carboxylic acids is 1. The first-order valence-corrected chi connectivity index (χ1v) is 5.19. The number of aromatic carboxylic acids is 1. The van der Waals surface area contributed by atoms with Gasteiger partial charge in [-0.15, -0.1) is 0 Å². The monoisotopic (exact) mass is 247 g/mol. The minimum atomic E-state index is -1.11. The summed E-state index contributed by atoms with van der Waals surface area (Å²) in [4.78, 5) is 18.4. The molecule has 0 aliphatic carbocycles. The number of aromatic nitrogens is 2. The molecule has 2 rings (SSSR count). The van der Waals surface area contributed by atoms with E-state index in [-0.39, 0.29) is 12.1 Å². The molecule has 2 aromatic rings. The number of halogens is 1. The van der Waals surface area contributed by atoms with Gasteiger partial charge in [0.2, 0.25) is 0 Å². The van der Waals surface area contributed by atoms with Crippen LogP contribution in [0, 0.1) is 5.82 Å². The zero-order valence-corrected chi connectivity index (χ0v) is 9.30. The Bertz CT molecular complexity index is 575. The van der Waals surface area contributed by atoms with Crippen LogP contribution in [0.4, 0.5) is 10.1 Å². The van der Waals surface area contributed by atoms with E-state index in [1.54, 1.807) is 18.2 Å². The molecule has 1 heterocycles. The van der Waals surface area contributed by atoms with Crippen LogP contribution in [-0.2, 0) is 6.54 Å². The number of hydrogen-bond donors (Lipinski definition) is 2. The minimum absolute atomic E-state index is 0.00124. The van der Waals surface area contributed by atoms with E-state index in [2.05, 4.69) is 15.3 Å². The molecule has 5 nitrogen and oxygen atoms in total. The predicted octanol–water partition coefficient (Wildman–Crippen LogP) is 1.93. The molecule has 0 fully saturated rings. The van der Waals surface area contributed by atoms with E-state index in [4.69, 9.17) is 5.11 Å². The van der Waals surface area contributed by atoms with Crippen LogP contribution in [0.15, 0.2) is 36.8 Å². The molecule has 0 saturated carbocycles. The third kappa shape index (κ3) is 2.60. The molecule has 0 radical (unpaired) electrons. The molecule has 92 valence electrons. The van der Waals surface area contributed by atoms with Gasteiger partial charge < -0.3 is 10.4 Å². The highest BCUT2D eigenvalue weighted by Gasteiger charge is 2.11. The fraction of sp³-hybridized carbons (Fsp3) is 0.0833. The van der Waals surface area contributed by atoms with Gasteiger partial charge in [-0.2, -0.15) is 0 Å². The lowest BCUT2D eigenvalue weighted by Crippen LogP contribution is -2.10. The maximum Gasteiger partial charge on any atom is 0.339 e. The molecule has 0 spiro atoms. The zero-order valence-electron chi connectivity index (χ0n) is 9.30. The van der Waals surface area contributed by atoms with Gasteiger partial charge in [-0.3, -0.25) is 0 Å². The number of anilines is 1. The van der Waals surface area contributed by atoms with Crippen molar-refractivity contribution in [2.75, 3.05) is 5.32 Å². The van der Waals surface area contributed by atoms with E-state index in [0.717, 1.165) is 0 Å². The first-order chi connectivity index (χ1) is 8.68. The highest BCUT2D eigenvalue weighted by molar-refractivity contribution is 5.88. The van der Waals surface area contributed by atoms with Crippen molar-refractivity contribution < 1.29 is 14.3 Å². The average molecular weight is 247 g/mol. The van der Waals surface area contributed by atoms with Crippen LogP contribution >= 0.6 is 0 Å². The van der Waals surface area contributed by atoms with E-state index in [0.29, 0.717) is 11.4 Å². The van der Waals surface area contributed by atoms with Crippen molar-refractivity contribution in [1.29, 1.82) is 0 Å². The first kappa shape index (κ1) is 12.0. The summed E-state index contributed by atoms with van der Waals surface area (Å²) in [7, 11) is 0. The van der Waals surface area contributed by atoms with E-state index >= 15 is 0 Å². The van der Waals surface area contributed by atoms with Gasteiger partial charge in [-0.1, -0.05) is 12.1 Å². The zero-order chi connectivity index (χ0) is 13.0. The Morgan fingerprint density at radius 3 is 2.89 bits per heavy atom. The molecule has 0 atom stereocenters. The molecular weight excluding hydrogens is 237 g/mol. The number of nitrogens with zero attached hydrogens (tertiary/aromatic N) is 2. The summed E-state index contributed by atoms with van der Waals surface area (Å²) in [5.41, 5.74) is 0.606. The Morgan fingerprint density at radius 1 is 1.39 bits per heavy atom. The Morgan fingerprint density at radius 2 is 2.17 bits per heavy atom. The summed E-state index contributed by atoms with van der Waals surface area (Å²) in [6, 6.07) is 6.15. The summed E-state index contributed by atoms with van der Waals surface area (Å²) in [6.45, 7) is 0.116. The Hall–Kier alpha value is -2.50. The molecule has 2 N–H and O–H groups in total. The standard InChI is InChI=1S/C12H10FN3O2/c13-9-3-1-2-4-10(9)15-6-11-8(12(17)18)5-14-7-16-11/h1-5,7,15H,6H2,(H,17,18). The lowest BCUT2D eigenvalue weighted by molar-refractivity contribution is 0.0694. The van der Waals surface area contributed by atoms with Gasteiger partial charge in [0.25, 0.3) is 0 Å². The summed E-state index contributed by atoms with van der Waals surface area (Å²) in [5, 5.41) is 11.7. The molecule has 0 bridgehead atoms. The van der Waals surface area contributed by atoms with Gasteiger partial charge >= 0.3 is 5.97 Å². The number of benzene rings is 1. The van der Waals surface area contributed by atoms with E-state index in [1.807, 2.05) is 0 Å². The van der Waals surface area contributed by atoms with Crippen molar-refractivity contribution in [2.24, 2.45) is 0 Å². The smallest absolute Gasteiger partial charge is 0.339 e. The lowest BCUT2D eigenvalue weighted by Gasteiger charge is -2.08. The molecule has 0 saturated heterocycles. The Kier molecular flexibility index (Phi) is 3.47. The van der Waals surface area contributed by atoms with Crippen molar-refractivity contribution >= 4 is 11.7 Å². The van der Waals surface area contributed by atoms with Gasteiger partial charge in [-0.25, -0.2) is 19.2 Å². The number of carbonyl (C=O) groups is 1. The molecule has 0 amide bonds. The second kappa shape index (κ2) is 5.22. The molecule has 0 aliphatic rings. The third-order valence-corrected chi connectivity index (χ3v) is 2.35. The van der Waals surface area contributed by atoms with Crippen LogP contribution in [0.2, 0.25) is 0 Å². The van der Waals surface area contributed by atoms with Crippen molar-refractivity contribution in [1.82, 2.24) is 9.97 Å². The third-order valence-electron chi connectivity index (χ3n) is 2.35. The fourth-order valence-corrected chi connectivity index (χ4v) is 1.46. The highest BCUT2D eigenvalue weighted by Crippen LogP contribution is 2.14. The van der Waals surface area contributed by atoms with Gasteiger partial charge in [-0.05, 0) is 12.1 Å². The molecule has 0 aliphatic heterocycles. The van der Waals surface area contributed by atoms with Gasteiger partial charge in [0, 0.05) is 6.20 Å².